The van der Waals surface area contributed by atoms with Gasteiger partial charge in [-0.25, -0.2) is 9.37 Å². The van der Waals surface area contributed by atoms with E-state index in [9.17, 15) is 4.39 Å². The highest BCUT2D eigenvalue weighted by Gasteiger charge is 2.07. The number of imidazole rings is 1. The van der Waals surface area contributed by atoms with Gasteiger partial charge in [0.1, 0.15) is 11.3 Å². The molecule has 0 aliphatic heterocycles. The third kappa shape index (κ3) is 1.33. The van der Waals surface area contributed by atoms with E-state index in [4.69, 9.17) is 0 Å². The Labute approximate surface area is 90.5 Å². The Hall–Kier alpha value is -2.01. The van der Waals surface area contributed by atoms with Gasteiger partial charge >= 0.3 is 0 Å². The first kappa shape index (κ1) is 10.5. The highest BCUT2D eigenvalue weighted by atomic mass is 19.1. The summed E-state index contributed by atoms with van der Waals surface area (Å²) in [6, 6.07) is 4.57. The summed E-state index contributed by atoms with van der Waals surface area (Å²) in [5, 5.41) is 0.771. The number of aryl methyl sites for hydroxylation is 1. The van der Waals surface area contributed by atoms with Gasteiger partial charge in [-0.15, -0.1) is 0 Å². The van der Waals surface area contributed by atoms with Crippen molar-refractivity contribution < 1.29 is 9.87 Å². The highest BCUT2D eigenvalue weighted by molar-refractivity contribution is 6.02. The molecule has 0 amide bonds. The molecule has 0 unspecified atom stereocenters. The normalized spacial score (nSPS) is 10.6. The molecule has 2 aromatic heterocycles. The zero-order valence-electron chi connectivity index (χ0n) is 8.58. The molecule has 16 heavy (non-hydrogen) atoms. The van der Waals surface area contributed by atoms with Crippen molar-refractivity contribution in [2.45, 2.75) is 6.92 Å². The van der Waals surface area contributed by atoms with Gasteiger partial charge in [-0.3, -0.25) is 4.98 Å². The van der Waals surface area contributed by atoms with Gasteiger partial charge in [0.25, 0.3) is 0 Å². The second kappa shape index (κ2) is 3.53. The van der Waals surface area contributed by atoms with Crippen LogP contribution >= 0.6 is 0 Å². The molecule has 0 saturated heterocycles. The van der Waals surface area contributed by atoms with Crippen molar-refractivity contribution in [2.75, 3.05) is 0 Å². The van der Waals surface area contributed by atoms with Crippen LogP contribution in [0.25, 0.3) is 21.9 Å². The Bertz CT molecular complexity index is 663. The van der Waals surface area contributed by atoms with Crippen LogP contribution in [0.2, 0.25) is 0 Å². The number of halogens is 1. The Morgan fingerprint density at radius 3 is 2.94 bits per heavy atom. The SMILES string of the molecule is Cc1nc2ccc(F)cc2c2[nH]cnc12.O. The van der Waals surface area contributed by atoms with E-state index in [1.807, 2.05) is 6.92 Å². The number of H-pyrrole nitrogens is 1. The van der Waals surface area contributed by atoms with Crippen molar-refractivity contribution in [1.29, 1.82) is 0 Å². The predicted octanol–water partition coefficient (Wildman–Crippen LogP) is 1.73. The molecular weight excluding hydrogens is 209 g/mol. The lowest BCUT2D eigenvalue weighted by Crippen LogP contribution is -1.88. The molecule has 3 rings (SSSR count). The summed E-state index contributed by atoms with van der Waals surface area (Å²) in [5.41, 5.74) is 3.28. The van der Waals surface area contributed by atoms with Gasteiger partial charge in [-0.05, 0) is 25.1 Å². The van der Waals surface area contributed by atoms with Crippen molar-refractivity contribution in [3.63, 3.8) is 0 Å². The lowest BCUT2D eigenvalue weighted by Gasteiger charge is -2.01. The first-order chi connectivity index (χ1) is 7.25. The molecule has 0 fully saturated rings. The number of aromatic amines is 1. The van der Waals surface area contributed by atoms with E-state index in [2.05, 4.69) is 15.0 Å². The van der Waals surface area contributed by atoms with Crippen LogP contribution in [0.5, 0.6) is 0 Å². The standard InChI is InChI=1S/C11H8FN3.H2O/c1-6-10-11(14-5-13-10)8-4-7(12)2-3-9(8)15-6;/h2-5H,1H3,(H,13,14);1H2. The molecule has 82 valence electrons. The topological polar surface area (TPSA) is 73.1 Å². The second-order valence-corrected chi connectivity index (χ2v) is 3.48. The first-order valence-electron chi connectivity index (χ1n) is 4.64. The summed E-state index contributed by atoms with van der Waals surface area (Å²) in [6.45, 7) is 1.89. The predicted molar refractivity (Wildman–Crippen MR) is 59.7 cm³/mol. The van der Waals surface area contributed by atoms with Crippen LogP contribution in [0.3, 0.4) is 0 Å². The molecule has 0 radical (unpaired) electrons. The van der Waals surface area contributed by atoms with Crippen LogP contribution in [-0.2, 0) is 0 Å². The summed E-state index contributed by atoms with van der Waals surface area (Å²) in [5.74, 6) is -0.260. The molecule has 2 heterocycles. The molecule has 0 saturated carbocycles. The molecule has 0 bridgehead atoms. The van der Waals surface area contributed by atoms with Crippen molar-refractivity contribution in [3.8, 4) is 0 Å². The number of pyridine rings is 1. The number of aromatic nitrogens is 3. The molecular formula is C11H10FN3O. The zero-order chi connectivity index (χ0) is 10.4. The van der Waals surface area contributed by atoms with E-state index in [0.29, 0.717) is 0 Å². The van der Waals surface area contributed by atoms with E-state index in [1.165, 1.54) is 12.1 Å². The Morgan fingerprint density at radius 2 is 2.12 bits per heavy atom. The van der Waals surface area contributed by atoms with Crippen LogP contribution in [0, 0.1) is 12.7 Å². The van der Waals surface area contributed by atoms with Gasteiger partial charge in [0, 0.05) is 5.39 Å². The van der Waals surface area contributed by atoms with Crippen molar-refractivity contribution in [2.24, 2.45) is 0 Å². The average Bonchev–Trinajstić information content (AvgIpc) is 2.69. The third-order valence-corrected chi connectivity index (χ3v) is 2.50. The Morgan fingerprint density at radius 1 is 1.31 bits per heavy atom. The van der Waals surface area contributed by atoms with Crippen LogP contribution in [0.4, 0.5) is 4.39 Å². The summed E-state index contributed by atoms with van der Waals surface area (Å²) >= 11 is 0. The van der Waals surface area contributed by atoms with E-state index < -0.39 is 0 Å². The first-order valence-corrected chi connectivity index (χ1v) is 4.64. The number of nitrogens with one attached hydrogen (secondary N) is 1. The van der Waals surface area contributed by atoms with E-state index in [1.54, 1.807) is 12.4 Å². The number of fused-ring (bicyclic) bond motifs is 3. The van der Waals surface area contributed by atoms with E-state index >= 15 is 0 Å². The Balaban J connectivity index is 0.000000963. The monoisotopic (exact) mass is 219 g/mol. The molecule has 4 nitrogen and oxygen atoms in total. The van der Waals surface area contributed by atoms with Gasteiger partial charge < -0.3 is 10.5 Å². The maximum atomic E-state index is 13.1. The lowest BCUT2D eigenvalue weighted by molar-refractivity contribution is 0.629. The van der Waals surface area contributed by atoms with Crippen LogP contribution in [0.1, 0.15) is 5.69 Å². The van der Waals surface area contributed by atoms with Crippen molar-refractivity contribution in [3.05, 3.63) is 36.0 Å². The fourth-order valence-electron chi connectivity index (χ4n) is 1.81. The number of rotatable bonds is 0. The third-order valence-electron chi connectivity index (χ3n) is 2.50. The summed E-state index contributed by atoms with van der Waals surface area (Å²) in [7, 11) is 0. The van der Waals surface area contributed by atoms with Crippen molar-refractivity contribution in [1.82, 2.24) is 15.0 Å². The number of hydrogen-bond acceptors (Lipinski definition) is 2. The number of nitrogens with zero attached hydrogens (tertiary/aromatic N) is 2. The van der Waals surface area contributed by atoms with Crippen LogP contribution in [0.15, 0.2) is 24.5 Å². The van der Waals surface area contributed by atoms with E-state index in [-0.39, 0.29) is 11.3 Å². The van der Waals surface area contributed by atoms with Crippen LogP contribution in [-0.4, -0.2) is 20.4 Å². The maximum absolute atomic E-state index is 13.1. The van der Waals surface area contributed by atoms with Gasteiger partial charge in [-0.2, -0.15) is 0 Å². The molecule has 5 heteroatoms. The molecule has 0 aliphatic carbocycles. The fraction of sp³-hybridized carbons (Fsp3) is 0.0909. The fourth-order valence-corrected chi connectivity index (χ4v) is 1.81. The number of benzene rings is 1. The minimum Gasteiger partial charge on any atom is -0.412 e. The van der Waals surface area contributed by atoms with Gasteiger partial charge in [0.15, 0.2) is 0 Å². The van der Waals surface area contributed by atoms with E-state index in [0.717, 1.165) is 27.6 Å². The quantitative estimate of drug-likeness (QED) is 0.625. The van der Waals surface area contributed by atoms with Crippen molar-refractivity contribution >= 4 is 21.9 Å². The zero-order valence-corrected chi connectivity index (χ0v) is 8.58. The Kier molecular flexibility index (Phi) is 2.32. The summed E-state index contributed by atoms with van der Waals surface area (Å²) in [6.07, 6.45) is 1.60. The lowest BCUT2D eigenvalue weighted by atomic mass is 10.1. The molecule has 0 aliphatic rings. The number of hydrogen-bond donors (Lipinski definition) is 1. The molecule has 3 aromatic rings. The minimum absolute atomic E-state index is 0. The van der Waals surface area contributed by atoms with Gasteiger partial charge in [0.05, 0.1) is 23.1 Å². The molecule has 1 aromatic carbocycles. The highest BCUT2D eigenvalue weighted by Crippen LogP contribution is 2.23. The average molecular weight is 219 g/mol. The molecule has 3 N–H and O–H groups in total. The molecule has 0 spiro atoms. The minimum atomic E-state index is -0.260. The summed E-state index contributed by atoms with van der Waals surface area (Å²) in [4.78, 5) is 11.5. The van der Waals surface area contributed by atoms with Crippen LogP contribution < -0.4 is 0 Å². The molecule has 0 atom stereocenters. The largest absolute Gasteiger partial charge is 0.412 e. The summed E-state index contributed by atoms with van der Waals surface area (Å²) < 4.78 is 13.1. The van der Waals surface area contributed by atoms with Gasteiger partial charge in [0.2, 0.25) is 0 Å². The second-order valence-electron chi connectivity index (χ2n) is 3.48. The van der Waals surface area contributed by atoms with Gasteiger partial charge in [-0.1, -0.05) is 0 Å². The maximum Gasteiger partial charge on any atom is 0.124 e. The smallest absolute Gasteiger partial charge is 0.124 e.